The molecular formula is C17H24ClNO3. The normalized spacial score (nSPS) is 12.2. The van der Waals surface area contributed by atoms with Gasteiger partial charge in [-0.25, -0.2) is 0 Å². The van der Waals surface area contributed by atoms with Gasteiger partial charge in [0.1, 0.15) is 0 Å². The summed E-state index contributed by atoms with van der Waals surface area (Å²) in [5, 5.41) is 12.5. The summed E-state index contributed by atoms with van der Waals surface area (Å²) in [4.78, 5) is 22.9. The molecule has 1 amide bonds. The van der Waals surface area contributed by atoms with E-state index >= 15 is 0 Å². The number of rotatable bonds is 9. The fourth-order valence-corrected chi connectivity index (χ4v) is 2.40. The molecule has 0 bridgehead atoms. The van der Waals surface area contributed by atoms with Gasteiger partial charge >= 0.3 is 5.97 Å². The number of hydrogen-bond acceptors (Lipinski definition) is 2. The van der Waals surface area contributed by atoms with Gasteiger partial charge in [0.15, 0.2) is 0 Å². The maximum Gasteiger partial charge on any atom is 0.308 e. The SMILES string of the molecule is CC(C)CC(CNC(=O)CCCc1ccc(Cl)cc1)C(=O)O. The molecule has 1 aromatic rings. The predicted octanol–water partition coefficient (Wildman–Crippen LogP) is 3.53. The minimum absolute atomic E-state index is 0.0935. The van der Waals surface area contributed by atoms with Gasteiger partial charge in [0, 0.05) is 18.0 Å². The Balaban J connectivity index is 2.27. The van der Waals surface area contributed by atoms with Crippen LogP contribution in [-0.4, -0.2) is 23.5 Å². The summed E-state index contributed by atoms with van der Waals surface area (Å²) in [6, 6.07) is 7.56. The Morgan fingerprint density at radius 1 is 1.23 bits per heavy atom. The zero-order valence-corrected chi connectivity index (χ0v) is 13.9. The van der Waals surface area contributed by atoms with Crippen molar-refractivity contribution in [1.82, 2.24) is 5.32 Å². The molecule has 122 valence electrons. The van der Waals surface area contributed by atoms with Crippen molar-refractivity contribution in [1.29, 1.82) is 0 Å². The first-order chi connectivity index (χ1) is 10.4. The molecule has 1 atom stereocenters. The Morgan fingerprint density at radius 2 is 1.86 bits per heavy atom. The van der Waals surface area contributed by atoms with E-state index < -0.39 is 11.9 Å². The molecule has 0 aliphatic heterocycles. The fraction of sp³-hybridized carbons (Fsp3) is 0.529. The second-order valence-electron chi connectivity index (χ2n) is 5.95. The minimum Gasteiger partial charge on any atom is -0.481 e. The molecule has 1 aromatic carbocycles. The van der Waals surface area contributed by atoms with Crippen LogP contribution in [0.5, 0.6) is 0 Å². The van der Waals surface area contributed by atoms with Crippen LogP contribution < -0.4 is 5.32 Å². The molecule has 0 spiro atoms. The van der Waals surface area contributed by atoms with E-state index in [0.29, 0.717) is 23.8 Å². The van der Waals surface area contributed by atoms with Crippen LogP contribution in [0, 0.1) is 11.8 Å². The van der Waals surface area contributed by atoms with E-state index in [4.69, 9.17) is 16.7 Å². The van der Waals surface area contributed by atoms with Crippen molar-refractivity contribution >= 4 is 23.5 Å². The number of benzene rings is 1. The first-order valence-electron chi connectivity index (χ1n) is 7.62. The number of carboxylic acid groups (broad SMARTS) is 1. The molecule has 4 nitrogen and oxygen atoms in total. The van der Waals surface area contributed by atoms with Gasteiger partial charge < -0.3 is 10.4 Å². The van der Waals surface area contributed by atoms with E-state index in [9.17, 15) is 9.59 Å². The molecule has 0 heterocycles. The fourth-order valence-electron chi connectivity index (χ4n) is 2.27. The lowest BCUT2D eigenvalue weighted by Gasteiger charge is -2.15. The standard InChI is InChI=1S/C17H24ClNO3/c1-12(2)10-14(17(21)22)11-19-16(20)5-3-4-13-6-8-15(18)9-7-13/h6-9,12,14H,3-5,10-11H2,1-2H3,(H,19,20)(H,21,22). The molecule has 0 radical (unpaired) electrons. The Kier molecular flexibility index (Phi) is 7.96. The summed E-state index contributed by atoms with van der Waals surface area (Å²) >= 11 is 5.82. The molecule has 0 saturated heterocycles. The van der Waals surface area contributed by atoms with Crippen LogP contribution in [0.3, 0.4) is 0 Å². The monoisotopic (exact) mass is 325 g/mol. The molecule has 0 aliphatic carbocycles. The molecule has 1 rings (SSSR count). The number of nitrogens with one attached hydrogen (secondary N) is 1. The van der Waals surface area contributed by atoms with Crippen LogP contribution in [0.4, 0.5) is 0 Å². The molecule has 0 aliphatic rings. The predicted molar refractivity (Wildman–Crippen MR) is 88.0 cm³/mol. The Hall–Kier alpha value is -1.55. The maximum atomic E-state index is 11.8. The Morgan fingerprint density at radius 3 is 2.41 bits per heavy atom. The van der Waals surface area contributed by atoms with E-state index in [0.717, 1.165) is 18.4 Å². The highest BCUT2D eigenvalue weighted by molar-refractivity contribution is 6.30. The highest BCUT2D eigenvalue weighted by Crippen LogP contribution is 2.13. The van der Waals surface area contributed by atoms with Crippen molar-refractivity contribution < 1.29 is 14.7 Å². The van der Waals surface area contributed by atoms with Crippen molar-refractivity contribution in [3.05, 3.63) is 34.9 Å². The van der Waals surface area contributed by atoms with Crippen LogP contribution >= 0.6 is 11.6 Å². The lowest BCUT2D eigenvalue weighted by atomic mass is 9.97. The third-order valence-electron chi connectivity index (χ3n) is 3.43. The van der Waals surface area contributed by atoms with E-state index in [1.807, 2.05) is 38.1 Å². The second-order valence-corrected chi connectivity index (χ2v) is 6.39. The molecule has 0 fully saturated rings. The van der Waals surface area contributed by atoms with Crippen LogP contribution in [-0.2, 0) is 16.0 Å². The highest BCUT2D eigenvalue weighted by Gasteiger charge is 2.19. The van der Waals surface area contributed by atoms with E-state index in [-0.39, 0.29) is 12.5 Å². The lowest BCUT2D eigenvalue weighted by Crippen LogP contribution is -2.33. The van der Waals surface area contributed by atoms with Crippen LogP contribution in [0.15, 0.2) is 24.3 Å². The number of carboxylic acids is 1. The molecule has 0 saturated carbocycles. The third-order valence-corrected chi connectivity index (χ3v) is 3.69. The van der Waals surface area contributed by atoms with E-state index in [1.165, 1.54) is 0 Å². The summed E-state index contributed by atoms with van der Waals surface area (Å²) < 4.78 is 0. The molecule has 0 aromatic heterocycles. The van der Waals surface area contributed by atoms with Gasteiger partial charge in [-0.15, -0.1) is 0 Å². The summed E-state index contributed by atoms with van der Waals surface area (Å²) in [7, 11) is 0. The smallest absolute Gasteiger partial charge is 0.308 e. The van der Waals surface area contributed by atoms with Gasteiger partial charge in [-0.2, -0.15) is 0 Å². The lowest BCUT2D eigenvalue weighted by molar-refractivity contribution is -0.142. The summed E-state index contributed by atoms with van der Waals surface area (Å²) in [6.07, 6.45) is 2.51. The molecule has 2 N–H and O–H groups in total. The maximum absolute atomic E-state index is 11.8. The average molecular weight is 326 g/mol. The second kappa shape index (κ2) is 9.46. The van der Waals surface area contributed by atoms with Gasteiger partial charge in [0.25, 0.3) is 0 Å². The Labute approximate surface area is 136 Å². The Bertz CT molecular complexity index is 485. The molecule has 1 unspecified atom stereocenters. The van der Waals surface area contributed by atoms with Gasteiger partial charge in [0.05, 0.1) is 5.92 Å². The van der Waals surface area contributed by atoms with E-state index in [2.05, 4.69) is 5.32 Å². The van der Waals surface area contributed by atoms with Gasteiger partial charge in [-0.3, -0.25) is 9.59 Å². The van der Waals surface area contributed by atoms with Crippen molar-refractivity contribution in [2.75, 3.05) is 6.54 Å². The minimum atomic E-state index is -0.852. The molecule has 22 heavy (non-hydrogen) atoms. The first kappa shape index (κ1) is 18.5. The van der Waals surface area contributed by atoms with Crippen molar-refractivity contribution in [3.63, 3.8) is 0 Å². The highest BCUT2D eigenvalue weighted by atomic mass is 35.5. The number of carbonyl (C=O) groups excluding carboxylic acids is 1. The van der Waals surface area contributed by atoms with Gasteiger partial charge in [-0.1, -0.05) is 37.6 Å². The van der Waals surface area contributed by atoms with Gasteiger partial charge in [0.2, 0.25) is 5.91 Å². The third kappa shape index (κ3) is 7.46. The molecular weight excluding hydrogens is 302 g/mol. The summed E-state index contributed by atoms with van der Waals surface area (Å²) in [6.45, 7) is 4.15. The number of aliphatic carboxylic acids is 1. The number of amides is 1. The number of hydrogen-bond donors (Lipinski definition) is 2. The van der Waals surface area contributed by atoms with Crippen molar-refractivity contribution in [2.45, 2.75) is 39.5 Å². The van der Waals surface area contributed by atoms with Crippen LogP contribution in [0.2, 0.25) is 5.02 Å². The van der Waals surface area contributed by atoms with Crippen LogP contribution in [0.1, 0.15) is 38.7 Å². The van der Waals surface area contributed by atoms with E-state index in [1.54, 1.807) is 0 Å². The quantitative estimate of drug-likeness (QED) is 0.730. The topological polar surface area (TPSA) is 66.4 Å². The van der Waals surface area contributed by atoms with Crippen molar-refractivity contribution in [3.8, 4) is 0 Å². The number of halogens is 1. The van der Waals surface area contributed by atoms with Crippen LogP contribution in [0.25, 0.3) is 0 Å². The first-order valence-corrected chi connectivity index (χ1v) is 8.00. The largest absolute Gasteiger partial charge is 0.481 e. The zero-order chi connectivity index (χ0) is 16.5. The summed E-state index contributed by atoms with van der Waals surface area (Å²) in [5.41, 5.74) is 1.14. The number of carbonyl (C=O) groups is 2. The average Bonchev–Trinajstić information content (AvgIpc) is 2.45. The summed E-state index contributed by atoms with van der Waals surface area (Å²) in [5.74, 6) is -1.16. The van der Waals surface area contributed by atoms with Crippen molar-refractivity contribution in [2.24, 2.45) is 11.8 Å². The van der Waals surface area contributed by atoms with Gasteiger partial charge in [-0.05, 0) is 42.9 Å². The molecule has 5 heteroatoms. The number of aryl methyl sites for hydroxylation is 1. The zero-order valence-electron chi connectivity index (χ0n) is 13.1.